The summed E-state index contributed by atoms with van der Waals surface area (Å²) < 4.78 is 0. The molecule has 10 heteroatoms. The summed E-state index contributed by atoms with van der Waals surface area (Å²) in [6.07, 6.45) is 6.17. The molecule has 0 saturated carbocycles. The van der Waals surface area contributed by atoms with E-state index in [9.17, 15) is 15.3 Å². The molecule has 0 saturated heterocycles. The van der Waals surface area contributed by atoms with Crippen molar-refractivity contribution in [1.82, 2.24) is 0 Å². The second kappa shape index (κ2) is 12.3. The molecule has 3 N–H and O–H groups in total. The van der Waals surface area contributed by atoms with Crippen molar-refractivity contribution in [2.24, 2.45) is 11.8 Å². The topological polar surface area (TPSA) is 60.7 Å². The molecule has 3 atom stereocenters. The minimum absolute atomic E-state index is 0.0642. The lowest BCUT2D eigenvalue weighted by molar-refractivity contribution is 0.270. The van der Waals surface area contributed by atoms with Gasteiger partial charge in [-0.2, -0.15) is 0 Å². The molecule has 3 nitrogen and oxygen atoms in total. The number of rotatable bonds is 8. The summed E-state index contributed by atoms with van der Waals surface area (Å²) in [4.78, 5) is 0. The van der Waals surface area contributed by atoms with Crippen LogP contribution in [-0.4, -0.2) is 70.2 Å². The minimum atomic E-state index is -0.820. The highest BCUT2D eigenvalue weighted by Crippen LogP contribution is 2.46. The Morgan fingerprint density at radius 2 is 1.65 bits per heavy atom. The molecule has 0 aromatic rings. The highest BCUT2D eigenvalue weighted by molar-refractivity contribution is 6.42. The predicted molar refractivity (Wildman–Crippen MR) is 146 cm³/mol. The van der Waals surface area contributed by atoms with Crippen molar-refractivity contribution >= 4 is 54.9 Å². The second-order valence-electron chi connectivity index (χ2n) is 8.41. The standard InChI is InChI=1S/C24H23B7O3/c1-6-16(32)23(33)11(4)15(26)9-13-7-8-14(21(30)22(31)19(28)12(5)25)17(20(13)29)24(34)18(27)10(2)3/h1,14,17,21,32-34H,2,5,7-9H2,3-4H3/b15-11+,22-19-,23-16-,24-18-. The van der Waals surface area contributed by atoms with E-state index in [2.05, 4.69) is 13.2 Å². The van der Waals surface area contributed by atoms with E-state index in [-0.39, 0.29) is 45.1 Å². The molecule has 1 aliphatic carbocycles. The van der Waals surface area contributed by atoms with E-state index in [1.54, 1.807) is 6.92 Å². The van der Waals surface area contributed by atoms with Gasteiger partial charge in [-0.15, -0.1) is 40.4 Å². The van der Waals surface area contributed by atoms with Crippen molar-refractivity contribution in [1.29, 1.82) is 0 Å². The largest absolute Gasteiger partial charge is 0.512 e. The van der Waals surface area contributed by atoms with Crippen molar-refractivity contribution in [2.75, 3.05) is 0 Å². The van der Waals surface area contributed by atoms with E-state index in [1.807, 2.05) is 5.92 Å². The first-order valence-corrected chi connectivity index (χ1v) is 10.5. The molecule has 0 aromatic carbocycles. The molecule has 1 aliphatic rings. The lowest BCUT2D eigenvalue weighted by atomic mass is 9.52. The lowest BCUT2D eigenvalue weighted by Gasteiger charge is -2.40. The van der Waals surface area contributed by atoms with E-state index >= 15 is 0 Å². The van der Waals surface area contributed by atoms with Crippen LogP contribution in [0, 0.1) is 24.2 Å². The van der Waals surface area contributed by atoms with Crippen LogP contribution in [0.4, 0.5) is 0 Å². The number of hydrogen-bond donors (Lipinski definition) is 3. The van der Waals surface area contributed by atoms with Crippen molar-refractivity contribution in [3.63, 3.8) is 0 Å². The van der Waals surface area contributed by atoms with Crippen LogP contribution in [-0.2, 0) is 0 Å². The van der Waals surface area contributed by atoms with E-state index in [0.717, 1.165) is 0 Å². The Hall–Kier alpha value is -2.41. The van der Waals surface area contributed by atoms with Crippen molar-refractivity contribution in [3.05, 3.63) is 80.0 Å². The van der Waals surface area contributed by atoms with Crippen LogP contribution in [0.1, 0.15) is 33.1 Å². The quantitative estimate of drug-likeness (QED) is 0.238. The molecule has 0 aromatic heterocycles. The predicted octanol–water partition coefficient (Wildman–Crippen LogP) is 2.93. The highest BCUT2D eigenvalue weighted by atomic mass is 16.3. The molecule has 34 heavy (non-hydrogen) atoms. The molecule has 3 unspecified atom stereocenters. The van der Waals surface area contributed by atoms with Gasteiger partial charge in [-0.1, -0.05) is 29.0 Å². The molecule has 14 radical (unpaired) electrons. The van der Waals surface area contributed by atoms with Crippen LogP contribution in [0.5, 0.6) is 0 Å². The summed E-state index contributed by atoms with van der Waals surface area (Å²) in [6, 6.07) is 0. The van der Waals surface area contributed by atoms with Gasteiger partial charge < -0.3 is 15.3 Å². The minimum Gasteiger partial charge on any atom is -0.512 e. The average molecular weight is 435 g/mol. The maximum Gasteiger partial charge on any atom is 0.210 e. The number of aliphatic hydroxyl groups is 3. The summed E-state index contributed by atoms with van der Waals surface area (Å²) >= 11 is 0. The van der Waals surface area contributed by atoms with Gasteiger partial charge in [-0.25, -0.2) is 0 Å². The Balaban J connectivity index is 3.64. The Morgan fingerprint density at radius 1 is 1.09 bits per heavy atom. The van der Waals surface area contributed by atoms with Gasteiger partial charge in [0.2, 0.25) is 5.76 Å². The van der Waals surface area contributed by atoms with E-state index in [4.69, 9.17) is 61.3 Å². The van der Waals surface area contributed by atoms with Crippen LogP contribution in [0.3, 0.4) is 0 Å². The van der Waals surface area contributed by atoms with Crippen molar-refractivity contribution in [2.45, 2.75) is 38.9 Å². The SMILES string of the molecule is [B]C(=C)/C([B])=C(/[B])C([B])C1CCC(C/C([B])=C(C)\C(O)=C(\O)C#C)=C([B])C1/C(O)=C(/[B])C(=C)C. The van der Waals surface area contributed by atoms with Crippen LogP contribution >= 0.6 is 0 Å². The van der Waals surface area contributed by atoms with E-state index < -0.39 is 29.2 Å². The van der Waals surface area contributed by atoms with E-state index in [0.29, 0.717) is 29.5 Å². The van der Waals surface area contributed by atoms with Gasteiger partial charge in [0.15, 0.2) is 5.76 Å². The summed E-state index contributed by atoms with van der Waals surface area (Å²) in [6.45, 7) is 10.5. The third-order valence-electron chi connectivity index (χ3n) is 6.06. The first-order chi connectivity index (χ1) is 15.7. The Bertz CT molecular complexity index is 1070. The molecular formula is C24H23B7O3. The fourth-order valence-corrected chi connectivity index (χ4v) is 3.77. The van der Waals surface area contributed by atoms with E-state index in [1.165, 1.54) is 6.92 Å². The van der Waals surface area contributed by atoms with Crippen LogP contribution in [0.2, 0.25) is 5.82 Å². The Labute approximate surface area is 213 Å². The summed E-state index contributed by atoms with van der Waals surface area (Å²) in [5.41, 5.74) is 2.20. The maximum atomic E-state index is 11.0. The smallest absolute Gasteiger partial charge is 0.210 e. The van der Waals surface area contributed by atoms with Gasteiger partial charge in [0.05, 0.1) is 13.6 Å². The highest BCUT2D eigenvalue weighted by Gasteiger charge is 2.36. The fraction of sp³-hybridized carbons (Fsp3) is 0.333. The number of terminal acetylenes is 1. The van der Waals surface area contributed by atoms with Gasteiger partial charge in [-0.3, -0.25) is 0 Å². The first-order valence-electron chi connectivity index (χ1n) is 10.5. The number of allylic oxidation sites excluding steroid dienone is 10. The maximum absolute atomic E-state index is 11.0. The third kappa shape index (κ3) is 6.59. The zero-order chi connectivity index (χ0) is 26.5. The van der Waals surface area contributed by atoms with Crippen LogP contribution in [0.25, 0.3) is 0 Å². The molecule has 158 valence electrons. The van der Waals surface area contributed by atoms with Crippen LogP contribution in [0.15, 0.2) is 80.0 Å². The Kier molecular flexibility index (Phi) is 10.8. The molecule has 0 fully saturated rings. The fourth-order valence-electron chi connectivity index (χ4n) is 3.77. The van der Waals surface area contributed by atoms with Gasteiger partial charge >= 0.3 is 0 Å². The van der Waals surface area contributed by atoms with Gasteiger partial charge in [0.1, 0.15) is 47.1 Å². The molecule has 1 rings (SSSR count). The van der Waals surface area contributed by atoms with Crippen LogP contribution < -0.4 is 0 Å². The average Bonchev–Trinajstić information content (AvgIpc) is 2.80. The molecule has 0 spiro atoms. The zero-order valence-electron chi connectivity index (χ0n) is 19.7. The normalized spacial score (nSPS) is 22.4. The molecule has 0 aliphatic heterocycles. The summed E-state index contributed by atoms with van der Waals surface area (Å²) in [7, 11) is 42.9. The van der Waals surface area contributed by atoms with Gasteiger partial charge in [0.25, 0.3) is 0 Å². The van der Waals surface area contributed by atoms with Gasteiger partial charge in [-0.05, 0) is 50.5 Å². The Morgan fingerprint density at radius 3 is 2.12 bits per heavy atom. The molecule has 0 amide bonds. The number of aliphatic hydroxyl groups excluding tert-OH is 3. The zero-order valence-corrected chi connectivity index (χ0v) is 19.7. The summed E-state index contributed by atoms with van der Waals surface area (Å²) in [5, 5.41) is 30.7. The molecule has 0 heterocycles. The number of hydrogen-bond acceptors (Lipinski definition) is 3. The first kappa shape index (κ1) is 29.6. The van der Waals surface area contributed by atoms with Crippen molar-refractivity contribution in [3.8, 4) is 12.3 Å². The second-order valence-corrected chi connectivity index (χ2v) is 8.41. The van der Waals surface area contributed by atoms with Gasteiger partial charge in [0, 0.05) is 5.92 Å². The lowest BCUT2D eigenvalue weighted by Crippen LogP contribution is -2.31. The third-order valence-corrected chi connectivity index (χ3v) is 6.06. The molecular weight excluding hydrogens is 412 g/mol. The summed E-state index contributed by atoms with van der Waals surface area (Å²) in [5.74, 6) is -1.51. The monoisotopic (exact) mass is 436 g/mol. The van der Waals surface area contributed by atoms with Crippen molar-refractivity contribution < 1.29 is 15.3 Å². The molecule has 0 bridgehead atoms.